The van der Waals surface area contributed by atoms with Crippen LogP contribution in [0.15, 0.2) is 36.4 Å². The highest BCUT2D eigenvalue weighted by molar-refractivity contribution is 5.50. The van der Waals surface area contributed by atoms with Gasteiger partial charge in [0.1, 0.15) is 0 Å². The fraction of sp³-hybridized carbons (Fsp3) is 0.429. The molecule has 0 bridgehead atoms. The summed E-state index contributed by atoms with van der Waals surface area (Å²) in [5.74, 6) is 1.41. The smallest absolute Gasteiger partial charge is 0.416 e. The number of anilines is 1. The SMILES string of the molecule is COc1cc(C)c(CN2CCN(c3cccc(C(F)(F)F)c3)CC2)cc1OC. The molecule has 1 aliphatic rings. The Kier molecular flexibility index (Phi) is 6.03. The van der Waals surface area contributed by atoms with E-state index in [1.165, 1.54) is 12.1 Å². The summed E-state index contributed by atoms with van der Waals surface area (Å²) in [6.45, 7) is 5.74. The van der Waals surface area contributed by atoms with Crippen LogP contribution in [-0.4, -0.2) is 45.3 Å². The van der Waals surface area contributed by atoms with E-state index in [0.29, 0.717) is 30.3 Å². The van der Waals surface area contributed by atoms with Crippen molar-refractivity contribution in [2.45, 2.75) is 19.6 Å². The Morgan fingerprint density at radius 3 is 2.18 bits per heavy atom. The van der Waals surface area contributed by atoms with Crippen molar-refractivity contribution in [3.05, 3.63) is 53.1 Å². The van der Waals surface area contributed by atoms with Crippen LogP contribution >= 0.6 is 0 Å². The number of benzene rings is 2. The summed E-state index contributed by atoms with van der Waals surface area (Å²) in [5, 5.41) is 0. The van der Waals surface area contributed by atoms with Gasteiger partial charge in [0.25, 0.3) is 0 Å². The number of aryl methyl sites for hydroxylation is 1. The van der Waals surface area contributed by atoms with Gasteiger partial charge in [-0.25, -0.2) is 0 Å². The largest absolute Gasteiger partial charge is 0.493 e. The van der Waals surface area contributed by atoms with Gasteiger partial charge in [0.2, 0.25) is 0 Å². The molecule has 2 aromatic carbocycles. The summed E-state index contributed by atoms with van der Waals surface area (Å²) in [5.41, 5.74) is 2.30. The van der Waals surface area contributed by atoms with E-state index in [4.69, 9.17) is 9.47 Å². The fourth-order valence-electron chi connectivity index (χ4n) is 3.48. The second-order valence-electron chi connectivity index (χ2n) is 6.94. The first-order valence-corrected chi connectivity index (χ1v) is 9.18. The Hall–Kier alpha value is -2.41. The maximum atomic E-state index is 12.9. The van der Waals surface area contributed by atoms with E-state index in [-0.39, 0.29) is 0 Å². The molecule has 0 aromatic heterocycles. The van der Waals surface area contributed by atoms with Crippen molar-refractivity contribution < 1.29 is 22.6 Å². The highest BCUT2D eigenvalue weighted by atomic mass is 19.4. The summed E-state index contributed by atoms with van der Waals surface area (Å²) in [6, 6.07) is 9.51. The number of rotatable bonds is 5. The van der Waals surface area contributed by atoms with Gasteiger partial charge < -0.3 is 14.4 Å². The Labute approximate surface area is 163 Å². The fourth-order valence-corrected chi connectivity index (χ4v) is 3.48. The number of methoxy groups -OCH3 is 2. The molecule has 4 nitrogen and oxygen atoms in total. The summed E-state index contributed by atoms with van der Waals surface area (Å²) >= 11 is 0. The van der Waals surface area contributed by atoms with E-state index in [2.05, 4.69) is 4.90 Å². The molecule has 0 saturated carbocycles. The molecule has 1 aliphatic heterocycles. The molecule has 3 rings (SSSR count). The van der Waals surface area contributed by atoms with E-state index in [0.717, 1.165) is 36.8 Å². The van der Waals surface area contributed by atoms with Crippen molar-refractivity contribution in [2.75, 3.05) is 45.3 Å². The van der Waals surface area contributed by atoms with Crippen LogP contribution in [0.1, 0.15) is 16.7 Å². The minimum absolute atomic E-state index is 0.603. The molecule has 1 fully saturated rings. The lowest BCUT2D eigenvalue weighted by atomic mass is 10.1. The Balaban J connectivity index is 1.65. The van der Waals surface area contributed by atoms with E-state index in [1.54, 1.807) is 20.3 Å². The summed E-state index contributed by atoms with van der Waals surface area (Å²) < 4.78 is 49.6. The highest BCUT2D eigenvalue weighted by Crippen LogP contribution is 2.33. The zero-order chi connectivity index (χ0) is 20.3. The molecule has 0 radical (unpaired) electrons. The van der Waals surface area contributed by atoms with Gasteiger partial charge in [0.05, 0.1) is 19.8 Å². The molecule has 0 aliphatic carbocycles. The summed E-state index contributed by atoms with van der Waals surface area (Å²) in [6.07, 6.45) is -4.32. The van der Waals surface area contributed by atoms with Gasteiger partial charge in [-0.3, -0.25) is 4.90 Å². The van der Waals surface area contributed by atoms with Gasteiger partial charge in [-0.2, -0.15) is 13.2 Å². The maximum absolute atomic E-state index is 12.9. The molecular weight excluding hydrogens is 369 g/mol. The zero-order valence-corrected chi connectivity index (χ0v) is 16.3. The van der Waals surface area contributed by atoms with Crippen molar-refractivity contribution >= 4 is 5.69 Å². The molecule has 0 atom stereocenters. The molecule has 2 aromatic rings. The summed E-state index contributed by atoms with van der Waals surface area (Å²) in [7, 11) is 3.23. The first-order valence-electron chi connectivity index (χ1n) is 9.18. The van der Waals surface area contributed by atoms with E-state index in [9.17, 15) is 13.2 Å². The standard InChI is InChI=1S/C21H25F3N2O2/c1-15-11-19(27-2)20(28-3)12-16(15)14-25-7-9-26(10-8-25)18-6-4-5-17(13-18)21(22,23)24/h4-6,11-13H,7-10,14H2,1-3H3. The number of piperazine rings is 1. The average molecular weight is 394 g/mol. The summed E-state index contributed by atoms with van der Waals surface area (Å²) in [4.78, 5) is 4.31. The molecule has 152 valence electrons. The molecule has 1 saturated heterocycles. The third-order valence-electron chi connectivity index (χ3n) is 5.15. The number of nitrogens with zero attached hydrogens (tertiary/aromatic N) is 2. The van der Waals surface area contributed by atoms with Gasteiger partial charge in [0, 0.05) is 38.4 Å². The van der Waals surface area contributed by atoms with Crippen molar-refractivity contribution in [3.63, 3.8) is 0 Å². The van der Waals surface area contributed by atoms with Crippen molar-refractivity contribution in [3.8, 4) is 11.5 Å². The monoisotopic (exact) mass is 394 g/mol. The molecule has 0 amide bonds. The van der Waals surface area contributed by atoms with E-state index < -0.39 is 11.7 Å². The van der Waals surface area contributed by atoms with Crippen LogP contribution in [0.2, 0.25) is 0 Å². The first kappa shape index (κ1) is 20.3. The van der Waals surface area contributed by atoms with Gasteiger partial charge in [-0.15, -0.1) is 0 Å². The number of ether oxygens (including phenoxy) is 2. The van der Waals surface area contributed by atoms with Gasteiger partial charge in [-0.05, 0) is 48.4 Å². The van der Waals surface area contributed by atoms with E-state index in [1.807, 2.05) is 24.0 Å². The number of hydrogen-bond acceptors (Lipinski definition) is 4. The Bertz CT molecular complexity index is 816. The molecule has 7 heteroatoms. The van der Waals surface area contributed by atoms with Crippen molar-refractivity contribution in [2.24, 2.45) is 0 Å². The van der Waals surface area contributed by atoms with Crippen LogP contribution in [0, 0.1) is 6.92 Å². The lowest BCUT2D eigenvalue weighted by Crippen LogP contribution is -2.46. The predicted molar refractivity (Wildman–Crippen MR) is 103 cm³/mol. The topological polar surface area (TPSA) is 24.9 Å². The lowest BCUT2D eigenvalue weighted by Gasteiger charge is -2.36. The molecule has 0 spiro atoms. The van der Waals surface area contributed by atoms with E-state index >= 15 is 0 Å². The number of alkyl halides is 3. The average Bonchev–Trinajstić information content (AvgIpc) is 2.69. The van der Waals surface area contributed by atoms with Crippen LogP contribution in [0.25, 0.3) is 0 Å². The molecule has 28 heavy (non-hydrogen) atoms. The molecular formula is C21H25F3N2O2. The van der Waals surface area contributed by atoms with Gasteiger partial charge in [0.15, 0.2) is 11.5 Å². The van der Waals surface area contributed by atoms with Crippen LogP contribution in [0.4, 0.5) is 18.9 Å². The second-order valence-corrected chi connectivity index (χ2v) is 6.94. The van der Waals surface area contributed by atoms with Crippen LogP contribution < -0.4 is 14.4 Å². The van der Waals surface area contributed by atoms with Gasteiger partial charge in [-0.1, -0.05) is 6.07 Å². The normalized spacial score (nSPS) is 15.6. The van der Waals surface area contributed by atoms with Crippen molar-refractivity contribution in [1.82, 2.24) is 4.90 Å². The maximum Gasteiger partial charge on any atom is 0.416 e. The third kappa shape index (κ3) is 4.52. The third-order valence-corrected chi connectivity index (χ3v) is 5.15. The molecule has 1 heterocycles. The number of hydrogen-bond donors (Lipinski definition) is 0. The Morgan fingerprint density at radius 2 is 1.57 bits per heavy atom. The second kappa shape index (κ2) is 8.31. The molecule has 0 unspecified atom stereocenters. The van der Waals surface area contributed by atoms with Gasteiger partial charge >= 0.3 is 6.18 Å². The lowest BCUT2D eigenvalue weighted by molar-refractivity contribution is -0.137. The van der Waals surface area contributed by atoms with Crippen LogP contribution in [0.3, 0.4) is 0 Å². The Morgan fingerprint density at radius 1 is 0.929 bits per heavy atom. The number of halogens is 3. The van der Waals surface area contributed by atoms with Crippen LogP contribution in [-0.2, 0) is 12.7 Å². The first-order chi connectivity index (χ1) is 13.3. The minimum Gasteiger partial charge on any atom is -0.493 e. The minimum atomic E-state index is -4.32. The zero-order valence-electron chi connectivity index (χ0n) is 16.3. The van der Waals surface area contributed by atoms with Crippen LogP contribution in [0.5, 0.6) is 11.5 Å². The molecule has 0 N–H and O–H groups in total. The quantitative estimate of drug-likeness (QED) is 0.753. The predicted octanol–water partition coefficient (Wildman–Crippen LogP) is 4.35. The highest BCUT2D eigenvalue weighted by Gasteiger charge is 2.31. The van der Waals surface area contributed by atoms with Crippen molar-refractivity contribution in [1.29, 1.82) is 0 Å².